The van der Waals surface area contributed by atoms with Gasteiger partial charge in [0.05, 0.1) is 12.1 Å². The molecule has 0 aromatic heterocycles. The molecule has 2 aliphatic rings. The molecule has 0 spiro atoms. The summed E-state index contributed by atoms with van der Waals surface area (Å²) < 4.78 is 10.9. The second-order valence-electron chi connectivity index (χ2n) is 5.16. The van der Waals surface area contributed by atoms with Gasteiger partial charge in [0.25, 0.3) is 0 Å². The van der Waals surface area contributed by atoms with E-state index in [2.05, 4.69) is 6.92 Å². The molecule has 2 saturated heterocycles. The fraction of sp³-hybridized carbons (Fsp3) is 0.500. The molecular formula is C14H17NO3. The molecule has 0 saturated carbocycles. The molecule has 1 aromatic rings. The molecule has 0 radical (unpaired) electrons. The van der Waals surface area contributed by atoms with Crippen LogP contribution in [0.2, 0.25) is 0 Å². The normalized spacial score (nSPS) is 29.6. The third-order valence-corrected chi connectivity index (χ3v) is 3.76. The number of amides is 1. The van der Waals surface area contributed by atoms with Crippen molar-refractivity contribution in [3.05, 3.63) is 35.9 Å². The lowest BCUT2D eigenvalue weighted by Crippen LogP contribution is -2.42. The van der Waals surface area contributed by atoms with Crippen molar-refractivity contribution in [1.82, 2.24) is 4.90 Å². The molecule has 0 N–H and O–H groups in total. The van der Waals surface area contributed by atoms with Gasteiger partial charge < -0.3 is 14.4 Å². The van der Waals surface area contributed by atoms with Gasteiger partial charge in [-0.3, -0.25) is 0 Å². The molecule has 2 fully saturated rings. The predicted octanol–water partition coefficient (Wildman–Crippen LogP) is 2.19. The second kappa shape index (κ2) is 4.28. The average molecular weight is 247 g/mol. The highest BCUT2D eigenvalue weighted by Gasteiger charge is 2.55. The highest BCUT2D eigenvalue weighted by atomic mass is 16.6. The predicted molar refractivity (Wildman–Crippen MR) is 66.1 cm³/mol. The summed E-state index contributed by atoms with van der Waals surface area (Å²) in [6.45, 7) is 3.81. The second-order valence-corrected chi connectivity index (χ2v) is 5.16. The number of hydrogen-bond donors (Lipinski definition) is 0. The maximum absolute atomic E-state index is 11.9. The number of likely N-dealkylation sites (tertiary alicyclic amines) is 1. The maximum Gasteiger partial charge on any atom is 0.410 e. The Morgan fingerprint density at radius 2 is 2.28 bits per heavy atom. The van der Waals surface area contributed by atoms with Crippen LogP contribution in [-0.4, -0.2) is 35.8 Å². The lowest BCUT2D eigenvalue weighted by molar-refractivity contribution is 0.0902. The van der Waals surface area contributed by atoms with Crippen LogP contribution < -0.4 is 0 Å². The van der Waals surface area contributed by atoms with Crippen molar-refractivity contribution in [2.45, 2.75) is 31.7 Å². The van der Waals surface area contributed by atoms with Crippen LogP contribution in [0.4, 0.5) is 4.79 Å². The van der Waals surface area contributed by atoms with E-state index in [1.54, 1.807) is 4.90 Å². The Kier molecular flexibility index (Phi) is 2.74. The zero-order chi connectivity index (χ0) is 12.6. The first-order valence-electron chi connectivity index (χ1n) is 6.31. The summed E-state index contributed by atoms with van der Waals surface area (Å²) in [5.74, 6) is 0. The summed E-state index contributed by atoms with van der Waals surface area (Å²) in [6.07, 6.45) is 0.866. The molecule has 96 valence electrons. The Morgan fingerprint density at radius 3 is 3.00 bits per heavy atom. The van der Waals surface area contributed by atoms with Gasteiger partial charge >= 0.3 is 6.09 Å². The molecule has 18 heavy (non-hydrogen) atoms. The summed E-state index contributed by atoms with van der Waals surface area (Å²) in [5, 5.41) is 0. The first-order valence-corrected chi connectivity index (χ1v) is 6.31. The van der Waals surface area contributed by atoms with Crippen LogP contribution in [0.25, 0.3) is 0 Å². The number of piperidine rings is 1. The number of epoxide rings is 1. The van der Waals surface area contributed by atoms with E-state index in [1.807, 2.05) is 30.3 Å². The summed E-state index contributed by atoms with van der Waals surface area (Å²) in [6, 6.07) is 9.72. The van der Waals surface area contributed by atoms with Gasteiger partial charge in [-0.15, -0.1) is 0 Å². The Hall–Kier alpha value is -1.55. The molecule has 2 heterocycles. The zero-order valence-corrected chi connectivity index (χ0v) is 10.5. The minimum absolute atomic E-state index is 0.0240. The average Bonchev–Trinajstić information content (AvgIpc) is 3.07. The van der Waals surface area contributed by atoms with E-state index < -0.39 is 0 Å². The van der Waals surface area contributed by atoms with Gasteiger partial charge in [0.1, 0.15) is 12.7 Å². The molecule has 0 bridgehead atoms. The summed E-state index contributed by atoms with van der Waals surface area (Å²) in [7, 11) is 0. The van der Waals surface area contributed by atoms with Crippen LogP contribution in [0.1, 0.15) is 18.9 Å². The SMILES string of the molecule is C[C@@]12CCN(C(=O)OCc3ccccc3)C[C@H]1O2. The fourth-order valence-electron chi connectivity index (χ4n) is 2.37. The van der Waals surface area contributed by atoms with E-state index in [-0.39, 0.29) is 17.8 Å². The van der Waals surface area contributed by atoms with E-state index in [0.29, 0.717) is 13.2 Å². The highest BCUT2D eigenvalue weighted by molar-refractivity contribution is 5.68. The number of carbonyl (C=O) groups excluding carboxylic acids is 1. The van der Waals surface area contributed by atoms with Crippen molar-refractivity contribution in [1.29, 1.82) is 0 Å². The first-order chi connectivity index (χ1) is 8.67. The summed E-state index contributed by atoms with van der Waals surface area (Å²) in [5.41, 5.74) is 1.03. The van der Waals surface area contributed by atoms with Crippen molar-refractivity contribution >= 4 is 6.09 Å². The van der Waals surface area contributed by atoms with Gasteiger partial charge in [0, 0.05) is 6.54 Å². The third kappa shape index (κ3) is 2.20. The Balaban J connectivity index is 1.50. The molecule has 4 heteroatoms. The lowest BCUT2D eigenvalue weighted by Gasteiger charge is -2.26. The minimum atomic E-state index is -0.239. The van der Waals surface area contributed by atoms with Gasteiger partial charge in [-0.25, -0.2) is 4.79 Å². The standard InChI is InChI=1S/C14H17NO3/c1-14-7-8-15(9-12(14)18-14)13(16)17-10-11-5-3-2-4-6-11/h2-6,12H,7-10H2,1H3/t12-,14-/m1/s1. The lowest BCUT2D eigenvalue weighted by atomic mass is 9.99. The van der Waals surface area contributed by atoms with Crippen molar-refractivity contribution in [2.75, 3.05) is 13.1 Å². The number of fused-ring (bicyclic) bond motifs is 1. The van der Waals surface area contributed by atoms with Gasteiger partial charge in [-0.2, -0.15) is 0 Å². The quantitative estimate of drug-likeness (QED) is 0.752. The first kappa shape index (κ1) is 11.5. The van der Waals surface area contributed by atoms with E-state index in [9.17, 15) is 4.79 Å². The highest BCUT2D eigenvalue weighted by Crippen LogP contribution is 2.42. The molecule has 1 amide bonds. The van der Waals surface area contributed by atoms with E-state index in [4.69, 9.17) is 9.47 Å². The van der Waals surface area contributed by atoms with Crippen molar-refractivity contribution in [3.63, 3.8) is 0 Å². The smallest absolute Gasteiger partial charge is 0.410 e. The van der Waals surface area contributed by atoms with E-state index in [1.165, 1.54) is 0 Å². The van der Waals surface area contributed by atoms with E-state index >= 15 is 0 Å². The third-order valence-electron chi connectivity index (χ3n) is 3.76. The van der Waals surface area contributed by atoms with Crippen LogP contribution >= 0.6 is 0 Å². The monoisotopic (exact) mass is 247 g/mol. The molecule has 2 atom stereocenters. The van der Waals surface area contributed by atoms with E-state index in [0.717, 1.165) is 18.5 Å². The Bertz CT molecular complexity index is 448. The largest absolute Gasteiger partial charge is 0.445 e. The van der Waals surface area contributed by atoms with Gasteiger partial charge in [-0.1, -0.05) is 30.3 Å². The Morgan fingerprint density at radius 1 is 1.50 bits per heavy atom. The van der Waals surface area contributed by atoms with Crippen LogP contribution in [0.5, 0.6) is 0 Å². The van der Waals surface area contributed by atoms with Gasteiger partial charge in [0.2, 0.25) is 0 Å². The number of ether oxygens (including phenoxy) is 2. The van der Waals surface area contributed by atoms with Crippen LogP contribution in [0, 0.1) is 0 Å². The number of benzene rings is 1. The number of nitrogens with zero attached hydrogens (tertiary/aromatic N) is 1. The topological polar surface area (TPSA) is 42.1 Å². The fourth-order valence-corrected chi connectivity index (χ4v) is 2.37. The summed E-state index contributed by atoms with van der Waals surface area (Å²) >= 11 is 0. The molecular weight excluding hydrogens is 230 g/mol. The van der Waals surface area contributed by atoms with Crippen LogP contribution in [0.3, 0.4) is 0 Å². The number of hydrogen-bond acceptors (Lipinski definition) is 3. The maximum atomic E-state index is 11.9. The van der Waals surface area contributed by atoms with Crippen molar-refractivity contribution in [3.8, 4) is 0 Å². The zero-order valence-electron chi connectivity index (χ0n) is 10.5. The summed E-state index contributed by atoms with van der Waals surface area (Å²) in [4.78, 5) is 13.6. The van der Waals surface area contributed by atoms with Crippen molar-refractivity contribution < 1.29 is 14.3 Å². The van der Waals surface area contributed by atoms with Gasteiger partial charge in [0.15, 0.2) is 0 Å². The minimum Gasteiger partial charge on any atom is -0.445 e. The number of rotatable bonds is 2. The van der Waals surface area contributed by atoms with Crippen LogP contribution in [-0.2, 0) is 16.1 Å². The number of carbonyl (C=O) groups is 1. The molecule has 0 aliphatic carbocycles. The van der Waals surface area contributed by atoms with Crippen molar-refractivity contribution in [2.24, 2.45) is 0 Å². The Labute approximate surface area is 106 Å². The molecule has 1 aromatic carbocycles. The van der Waals surface area contributed by atoms with Gasteiger partial charge in [-0.05, 0) is 18.9 Å². The molecule has 4 nitrogen and oxygen atoms in total. The molecule has 0 unspecified atom stereocenters. The molecule has 2 aliphatic heterocycles. The van der Waals surface area contributed by atoms with Crippen LogP contribution in [0.15, 0.2) is 30.3 Å². The molecule has 3 rings (SSSR count).